The maximum absolute atomic E-state index is 12.5. The highest BCUT2D eigenvalue weighted by atomic mass is 16.5. The molecule has 7 heteroatoms. The van der Waals surface area contributed by atoms with Gasteiger partial charge in [-0.1, -0.05) is 6.92 Å². The molecule has 0 unspecified atom stereocenters. The van der Waals surface area contributed by atoms with Gasteiger partial charge in [0.2, 0.25) is 11.8 Å². The Morgan fingerprint density at radius 3 is 2.61 bits per heavy atom. The third-order valence-electron chi connectivity index (χ3n) is 3.80. The Bertz CT molecular complexity index is 633. The third-order valence-corrected chi connectivity index (χ3v) is 3.80. The lowest BCUT2D eigenvalue weighted by Gasteiger charge is -2.27. The minimum Gasteiger partial charge on any atom is -0.378 e. The van der Waals surface area contributed by atoms with Gasteiger partial charge >= 0.3 is 0 Å². The number of aromatic nitrogens is 1. The van der Waals surface area contributed by atoms with Crippen molar-refractivity contribution in [1.82, 2.24) is 9.47 Å². The summed E-state index contributed by atoms with van der Waals surface area (Å²) in [5.74, 6) is -0.310. The van der Waals surface area contributed by atoms with E-state index in [-0.39, 0.29) is 29.6 Å². The standard InChI is InChI=1S/C16H23N3O4/c1-3-4-14(20)17-13-6-5-12(2)19(16(13)22)11-15(21)18-7-9-23-10-8-18/h5-6H,3-4,7-11H2,1-2H3,(H,17,20). The number of amides is 2. The first-order chi connectivity index (χ1) is 11.0. The van der Waals surface area contributed by atoms with Gasteiger partial charge in [-0.15, -0.1) is 0 Å². The molecule has 23 heavy (non-hydrogen) atoms. The van der Waals surface area contributed by atoms with Crippen LogP contribution in [0.15, 0.2) is 16.9 Å². The molecule has 7 nitrogen and oxygen atoms in total. The zero-order valence-electron chi connectivity index (χ0n) is 13.6. The lowest BCUT2D eigenvalue weighted by atomic mass is 10.3. The lowest BCUT2D eigenvalue weighted by molar-refractivity contribution is -0.136. The monoisotopic (exact) mass is 321 g/mol. The van der Waals surface area contributed by atoms with Gasteiger partial charge in [0, 0.05) is 25.2 Å². The van der Waals surface area contributed by atoms with Crippen molar-refractivity contribution >= 4 is 17.5 Å². The summed E-state index contributed by atoms with van der Waals surface area (Å²) in [4.78, 5) is 38.2. The Balaban J connectivity index is 2.15. The fourth-order valence-corrected chi connectivity index (χ4v) is 2.45. The number of rotatable bonds is 5. The molecular weight excluding hydrogens is 298 g/mol. The highest BCUT2D eigenvalue weighted by Gasteiger charge is 2.19. The summed E-state index contributed by atoms with van der Waals surface area (Å²) in [6.45, 7) is 5.76. The van der Waals surface area contributed by atoms with E-state index < -0.39 is 0 Å². The van der Waals surface area contributed by atoms with Crippen molar-refractivity contribution in [2.24, 2.45) is 0 Å². The van der Waals surface area contributed by atoms with Gasteiger partial charge < -0.3 is 19.5 Å². The van der Waals surface area contributed by atoms with Gasteiger partial charge in [0.1, 0.15) is 12.2 Å². The highest BCUT2D eigenvalue weighted by molar-refractivity contribution is 5.90. The van der Waals surface area contributed by atoms with Crippen LogP contribution in [0.5, 0.6) is 0 Å². The van der Waals surface area contributed by atoms with Gasteiger partial charge in [-0.05, 0) is 25.5 Å². The second-order valence-corrected chi connectivity index (χ2v) is 5.57. The summed E-state index contributed by atoms with van der Waals surface area (Å²) in [7, 11) is 0. The number of anilines is 1. The van der Waals surface area contributed by atoms with Crippen LogP contribution >= 0.6 is 0 Å². The summed E-state index contributed by atoms with van der Waals surface area (Å²) in [6.07, 6.45) is 1.07. The molecular formula is C16H23N3O4. The molecule has 1 aliphatic rings. The second kappa shape index (κ2) is 7.92. The Kier molecular flexibility index (Phi) is 5.92. The molecule has 0 aromatic carbocycles. The number of carbonyl (C=O) groups is 2. The summed E-state index contributed by atoms with van der Waals surface area (Å²) in [5.41, 5.74) is 0.546. The maximum atomic E-state index is 12.5. The topological polar surface area (TPSA) is 80.6 Å². The minimum absolute atomic E-state index is 0.0256. The van der Waals surface area contributed by atoms with E-state index in [0.29, 0.717) is 44.8 Å². The number of nitrogens with zero attached hydrogens (tertiary/aromatic N) is 2. The van der Waals surface area contributed by atoms with Gasteiger partial charge in [-0.2, -0.15) is 0 Å². The van der Waals surface area contributed by atoms with Crippen molar-refractivity contribution in [3.8, 4) is 0 Å². The number of hydrogen-bond acceptors (Lipinski definition) is 4. The van der Waals surface area contributed by atoms with Gasteiger partial charge in [-0.25, -0.2) is 0 Å². The first-order valence-electron chi connectivity index (χ1n) is 7.88. The van der Waals surface area contributed by atoms with E-state index in [1.165, 1.54) is 4.57 Å². The Labute approximate surface area is 135 Å². The SMILES string of the molecule is CCCC(=O)Nc1ccc(C)n(CC(=O)N2CCOCC2)c1=O. The Morgan fingerprint density at radius 2 is 1.96 bits per heavy atom. The molecule has 1 N–H and O–H groups in total. The summed E-state index contributed by atoms with van der Waals surface area (Å²) in [6, 6.07) is 3.32. The van der Waals surface area contributed by atoms with E-state index in [1.807, 2.05) is 6.92 Å². The Morgan fingerprint density at radius 1 is 1.26 bits per heavy atom. The van der Waals surface area contributed by atoms with Crippen molar-refractivity contribution in [2.45, 2.75) is 33.2 Å². The van der Waals surface area contributed by atoms with Crippen LogP contribution in [0, 0.1) is 6.92 Å². The number of pyridine rings is 1. The summed E-state index contributed by atoms with van der Waals surface area (Å²) >= 11 is 0. The predicted octanol–water partition coefficient (Wildman–Crippen LogP) is 0.754. The van der Waals surface area contributed by atoms with Crippen LogP contribution in [0.1, 0.15) is 25.5 Å². The fraction of sp³-hybridized carbons (Fsp3) is 0.562. The van der Waals surface area contributed by atoms with Gasteiger partial charge in [0.25, 0.3) is 5.56 Å². The van der Waals surface area contributed by atoms with Crippen molar-refractivity contribution in [1.29, 1.82) is 0 Å². The third kappa shape index (κ3) is 4.41. The van der Waals surface area contributed by atoms with E-state index in [4.69, 9.17) is 4.74 Å². The molecule has 126 valence electrons. The van der Waals surface area contributed by atoms with Crippen LogP contribution in [0.3, 0.4) is 0 Å². The highest BCUT2D eigenvalue weighted by Crippen LogP contribution is 2.06. The van der Waals surface area contributed by atoms with E-state index in [2.05, 4.69) is 5.32 Å². The molecule has 0 saturated carbocycles. The number of hydrogen-bond donors (Lipinski definition) is 1. The molecule has 1 aromatic heterocycles. The smallest absolute Gasteiger partial charge is 0.274 e. The van der Waals surface area contributed by atoms with Crippen molar-refractivity contribution in [3.63, 3.8) is 0 Å². The van der Waals surface area contributed by atoms with Crippen LogP contribution in [-0.4, -0.2) is 47.6 Å². The number of nitrogens with one attached hydrogen (secondary N) is 1. The van der Waals surface area contributed by atoms with Crippen LogP contribution in [-0.2, 0) is 20.9 Å². The molecule has 1 saturated heterocycles. The van der Waals surface area contributed by atoms with Gasteiger partial charge in [0.15, 0.2) is 0 Å². The minimum atomic E-state index is -0.351. The molecule has 0 spiro atoms. The summed E-state index contributed by atoms with van der Waals surface area (Å²) in [5, 5.41) is 2.61. The molecule has 0 bridgehead atoms. The molecule has 2 amide bonds. The van der Waals surface area contributed by atoms with Gasteiger partial charge in [-0.3, -0.25) is 14.4 Å². The summed E-state index contributed by atoms with van der Waals surface area (Å²) < 4.78 is 6.63. The largest absolute Gasteiger partial charge is 0.378 e. The number of morpholine rings is 1. The predicted molar refractivity (Wildman–Crippen MR) is 86.4 cm³/mol. The average Bonchev–Trinajstić information content (AvgIpc) is 2.55. The normalized spacial score (nSPS) is 14.6. The molecule has 2 rings (SSSR count). The molecule has 1 aromatic rings. The molecule has 1 fully saturated rings. The quantitative estimate of drug-likeness (QED) is 0.868. The van der Waals surface area contributed by atoms with E-state index in [9.17, 15) is 14.4 Å². The van der Waals surface area contributed by atoms with Crippen molar-refractivity contribution in [3.05, 3.63) is 28.2 Å². The maximum Gasteiger partial charge on any atom is 0.274 e. The second-order valence-electron chi connectivity index (χ2n) is 5.57. The molecule has 0 aliphatic carbocycles. The first-order valence-corrected chi connectivity index (χ1v) is 7.88. The number of carbonyl (C=O) groups excluding carboxylic acids is 2. The van der Waals surface area contributed by atoms with Crippen LogP contribution in [0.25, 0.3) is 0 Å². The first kappa shape index (κ1) is 17.2. The number of aryl methyl sites for hydroxylation is 1. The molecule has 2 heterocycles. The molecule has 0 radical (unpaired) electrons. The average molecular weight is 321 g/mol. The van der Waals surface area contributed by atoms with Crippen molar-refractivity contribution in [2.75, 3.05) is 31.6 Å². The molecule has 1 aliphatic heterocycles. The Hall–Kier alpha value is -2.15. The van der Waals surface area contributed by atoms with E-state index in [1.54, 1.807) is 24.0 Å². The fourth-order valence-electron chi connectivity index (χ4n) is 2.45. The van der Waals surface area contributed by atoms with Crippen LogP contribution < -0.4 is 10.9 Å². The van der Waals surface area contributed by atoms with Gasteiger partial charge in [0.05, 0.1) is 13.2 Å². The zero-order valence-corrected chi connectivity index (χ0v) is 13.6. The molecule has 0 atom stereocenters. The van der Waals surface area contributed by atoms with E-state index in [0.717, 1.165) is 0 Å². The lowest BCUT2D eigenvalue weighted by Crippen LogP contribution is -2.43. The van der Waals surface area contributed by atoms with E-state index >= 15 is 0 Å². The zero-order chi connectivity index (χ0) is 16.8. The van der Waals surface area contributed by atoms with Crippen LogP contribution in [0.4, 0.5) is 5.69 Å². The van der Waals surface area contributed by atoms with Crippen LogP contribution in [0.2, 0.25) is 0 Å². The van der Waals surface area contributed by atoms with Crippen molar-refractivity contribution < 1.29 is 14.3 Å². The number of ether oxygens (including phenoxy) is 1.